The predicted octanol–water partition coefficient (Wildman–Crippen LogP) is 7.67. The molecule has 0 unspecified atom stereocenters. The van der Waals surface area contributed by atoms with Crippen LogP contribution < -0.4 is 0 Å². The Morgan fingerprint density at radius 2 is 1.11 bits per heavy atom. The summed E-state index contributed by atoms with van der Waals surface area (Å²) in [7, 11) is 0. The summed E-state index contributed by atoms with van der Waals surface area (Å²) in [5.41, 5.74) is 1.59. The number of aryl methyl sites for hydroxylation is 1. The number of rotatable bonds is 8. The van der Waals surface area contributed by atoms with Gasteiger partial charge < -0.3 is 10.2 Å². The van der Waals surface area contributed by atoms with Gasteiger partial charge in [-0.1, -0.05) is 78.4 Å². The molecule has 0 bridgehead atoms. The lowest BCUT2D eigenvalue weighted by atomic mass is 9.69. The number of carbonyl (C=O) groups excluding carboxylic acids is 2. The van der Waals surface area contributed by atoms with Gasteiger partial charge in [0.05, 0.1) is 5.56 Å². The molecule has 0 saturated carbocycles. The number of Topliss-reactive ketones (excluding diaryl/α,β-unsaturated/α-hetero) is 2. The van der Waals surface area contributed by atoms with Crippen molar-refractivity contribution in [2.45, 2.75) is 70.3 Å². The third-order valence-electron chi connectivity index (χ3n) is 8.40. The number of benzene rings is 4. The average molecular weight is 601 g/mol. The highest BCUT2D eigenvalue weighted by molar-refractivity contribution is 6.02. The van der Waals surface area contributed by atoms with Gasteiger partial charge >= 0.3 is 6.18 Å². The molecule has 0 radical (unpaired) electrons. The minimum Gasteiger partial charge on any atom is -0.382 e. The van der Waals surface area contributed by atoms with Gasteiger partial charge in [-0.25, -0.2) is 0 Å². The fraction of sp³-hybridized carbons (Fsp3) is 0.297. The van der Waals surface area contributed by atoms with Gasteiger partial charge in [-0.15, -0.1) is 0 Å². The number of alkyl halides is 3. The van der Waals surface area contributed by atoms with Crippen LogP contribution >= 0.6 is 0 Å². The molecule has 2 N–H and O–H groups in total. The van der Waals surface area contributed by atoms with E-state index in [-0.39, 0.29) is 0 Å². The van der Waals surface area contributed by atoms with E-state index in [2.05, 4.69) is 0 Å². The van der Waals surface area contributed by atoms with E-state index in [1.807, 2.05) is 25.1 Å². The number of carbonyl (C=O) groups is 2. The number of fused-ring (bicyclic) bond motifs is 3. The van der Waals surface area contributed by atoms with E-state index in [0.29, 0.717) is 29.5 Å². The molecule has 44 heavy (non-hydrogen) atoms. The molecule has 228 valence electrons. The van der Waals surface area contributed by atoms with E-state index in [1.54, 1.807) is 54.6 Å². The summed E-state index contributed by atoms with van der Waals surface area (Å²) in [5, 5.41) is 20.4. The molecule has 0 amide bonds. The van der Waals surface area contributed by atoms with Gasteiger partial charge in [-0.3, -0.25) is 9.59 Å². The smallest absolute Gasteiger partial charge is 0.382 e. The first kappa shape index (κ1) is 31.4. The molecule has 1 aliphatic carbocycles. The van der Waals surface area contributed by atoms with Crippen LogP contribution in [-0.4, -0.2) is 33.0 Å². The Labute approximate surface area is 255 Å². The quantitative estimate of drug-likeness (QED) is 0.204. The highest BCUT2D eigenvalue weighted by atomic mass is 19.4. The first-order valence-electron chi connectivity index (χ1n) is 14.5. The Hall–Kier alpha value is -4.07. The topological polar surface area (TPSA) is 74.6 Å². The zero-order chi connectivity index (χ0) is 32.2. The van der Waals surface area contributed by atoms with E-state index in [4.69, 9.17) is 0 Å². The first-order chi connectivity index (χ1) is 20.4. The summed E-state index contributed by atoms with van der Waals surface area (Å²) in [6.45, 7) is 7.63. The molecule has 1 aliphatic rings. The minimum absolute atomic E-state index is 0.332. The zero-order valence-electron chi connectivity index (χ0n) is 25.3. The van der Waals surface area contributed by atoms with Crippen LogP contribution in [0, 0.1) is 6.92 Å². The summed E-state index contributed by atoms with van der Waals surface area (Å²) in [5.74, 6) is -0.859. The molecule has 0 saturated heterocycles. The second-order valence-corrected chi connectivity index (χ2v) is 12.9. The Morgan fingerprint density at radius 3 is 1.55 bits per heavy atom. The molecule has 0 spiro atoms. The third kappa shape index (κ3) is 5.86. The maximum absolute atomic E-state index is 14.1. The number of halogens is 3. The van der Waals surface area contributed by atoms with E-state index < -0.39 is 39.9 Å². The van der Waals surface area contributed by atoms with Crippen LogP contribution in [0.3, 0.4) is 0 Å². The largest absolute Gasteiger partial charge is 0.416 e. The molecule has 4 aromatic carbocycles. The highest BCUT2D eigenvalue weighted by Crippen LogP contribution is 2.53. The summed E-state index contributed by atoms with van der Waals surface area (Å²) in [4.78, 5) is 25.3. The van der Waals surface area contributed by atoms with Crippen molar-refractivity contribution in [3.63, 3.8) is 0 Å². The van der Waals surface area contributed by atoms with E-state index in [9.17, 15) is 33.0 Å². The Kier molecular flexibility index (Phi) is 7.71. The normalized spacial score (nSPS) is 14.2. The maximum atomic E-state index is 14.1. The predicted molar refractivity (Wildman–Crippen MR) is 164 cm³/mol. The summed E-state index contributed by atoms with van der Waals surface area (Å²) >= 11 is 0. The SMILES string of the molecule is Cc1ccc2c(c1)-c1ccc(C(F)(F)F)cc1C2(Cc1ccc(C(=O)C(C)(C)O)cc1)Cc1ccc(C(=O)C(C)(C)O)cc1. The summed E-state index contributed by atoms with van der Waals surface area (Å²) in [6, 6.07) is 23.5. The van der Waals surface area contributed by atoms with Crippen LogP contribution in [0.2, 0.25) is 0 Å². The van der Waals surface area contributed by atoms with Crippen molar-refractivity contribution in [2.24, 2.45) is 0 Å². The molecule has 0 aromatic heterocycles. The minimum atomic E-state index is -4.54. The molecular weight excluding hydrogens is 565 g/mol. The van der Waals surface area contributed by atoms with Gasteiger partial charge in [0, 0.05) is 16.5 Å². The Balaban J connectivity index is 1.68. The van der Waals surface area contributed by atoms with E-state index in [1.165, 1.54) is 33.8 Å². The van der Waals surface area contributed by atoms with Crippen molar-refractivity contribution < 1.29 is 33.0 Å². The van der Waals surface area contributed by atoms with Crippen molar-refractivity contribution in [3.05, 3.63) is 129 Å². The van der Waals surface area contributed by atoms with Gasteiger partial charge in [0.15, 0.2) is 11.6 Å². The monoisotopic (exact) mass is 600 g/mol. The van der Waals surface area contributed by atoms with Crippen LogP contribution in [0.15, 0.2) is 84.9 Å². The second-order valence-electron chi connectivity index (χ2n) is 12.9. The molecule has 0 fully saturated rings. The molecule has 4 aromatic rings. The molecule has 7 heteroatoms. The number of aliphatic hydroxyl groups is 2. The van der Waals surface area contributed by atoms with Crippen molar-refractivity contribution in [1.29, 1.82) is 0 Å². The Morgan fingerprint density at radius 1 is 0.636 bits per heavy atom. The second kappa shape index (κ2) is 10.8. The van der Waals surface area contributed by atoms with Gasteiger partial charge in [-0.2, -0.15) is 13.2 Å². The van der Waals surface area contributed by atoms with Crippen molar-refractivity contribution >= 4 is 11.6 Å². The lowest BCUT2D eigenvalue weighted by Gasteiger charge is -2.33. The van der Waals surface area contributed by atoms with Gasteiger partial charge in [-0.05, 0) is 93.0 Å². The number of hydrogen-bond acceptors (Lipinski definition) is 4. The Bertz CT molecular complexity index is 1660. The molecule has 0 heterocycles. The number of ketones is 2. The molecule has 0 aliphatic heterocycles. The molecular formula is C37H35F3O4. The van der Waals surface area contributed by atoms with Crippen LogP contribution in [-0.2, 0) is 24.4 Å². The lowest BCUT2D eigenvalue weighted by molar-refractivity contribution is -0.137. The van der Waals surface area contributed by atoms with E-state index >= 15 is 0 Å². The molecule has 5 rings (SSSR count). The highest BCUT2D eigenvalue weighted by Gasteiger charge is 2.45. The number of hydrogen-bond donors (Lipinski definition) is 2. The van der Waals surface area contributed by atoms with Gasteiger partial charge in [0.1, 0.15) is 11.2 Å². The average Bonchev–Trinajstić information content (AvgIpc) is 3.19. The fourth-order valence-electron chi connectivity index (χ4n) is 6.19. The lowest BCUT2D eigenvalue weighted by Crippen LogP contribution is -2.32. The zero-order valence-corrected chi connectivity index (χ0v) is 25.3. The van der Waals surface area contributed by atoms with Crippen LogP contribution in [0.4, 0.5) is 13.2 Å². The van der Waals surface area contributed by atoms with Gasteiger partial charge in [0.25, 0.3) is 0 Å². The van der Waals surface area contributed by atoms with Crippen LogP contribution in [0.1, 0.15) is 81.8 Å². The van der Waals surface area contributed by atoms with E-state index in [0.717, 1.165) is 39.4 Å². The summed E-state index contributed by atoms with van der Waals surface area (Å²) in [6.07, 6.45) is -3.87. The van der Waals surface area contributed by atoms with Crippen LogP contribution in [0.25, 0.3) is 11.1 Å². The molecule has 0 atom stereocenters. The van der Waals surface area contributed by atoms with Crippen molar-refractivity contribution in [1.82, 2.24) is 0 Å². The first-order valence-corrected chi connectivity index (χ1v) is 14.5. The van der Waals surface area contributed by atoms with Crippen molar-refractivity contribution in [2.75, 3.05) is 0 Å². The van der Waals surface area contributed by atoms with Gasteiger partial charge in [0.2, 0.25) is 0 Å². The van der Waals surface area contributed by atoms with Crippen molar-refractivity contribution in [3.8, 4) is 11.1 Å². The standard InChI is InChI=1S/C37H35F3O4/c1-22-6-17-30-29(18-22)28-16-15-27(37(38,39)40)19-31(28)36(30,20-23-7-11-25(12-8-23)32(41)34(2,3)43)21-24-9-13-26(14-10-24)33(42)35(4,5)44/h6-19,43-44H,20-21H2,1-5H3. The van der Waals surface area contributed by atoms with Crippen LogP contribution in [0.5, 0.6) is 0 Å². The molecule has 4 nitrogen and oxygen atoms in total. The fourth-order valence-corrected chi connectivity index (χ4v) is 6.19. The third-order valence-corrected chi connectivity index (χ3v) is 8.40. The summed E-state index contributed by atoms with van der Waals surface area (Å²) < 4.78 is 42.2. The maximum Gasteiger partial charge on any atom is 0.416 e.